The molecule has 0 atom stereocenters. The second kappa shape index (κ2) is 6.13. The predicted octanol–water partition coefficient (Wildman–Crippen LogP) is 3.96. The van der Waals surface area contributed by atoms with E-state index in [1.165, 1.54) is 0 Å². The number of rotatable bonds is 3. The van der Waals surface area contributed by atoms with Crippen LogP contribution in [-0.2, 0) is 13.0 Å². The van der Waals surface area contributed by atoms with E-state index in [0.717, 1.165) is 11.1 Å². The lowest BCUT2D eigenvalue weighted by Crippen LogP contribution is -2.07. The summed E-state index contributed by atoms with van der Waals surface area (Å²) >= 11 is 0. The van der Waals surface area contributed by atoms with Crippen LogP contribution in [0.1, 0.15) is 30.5 Å². The van der Waals surface area contributed by atoms with Gasteiger partial charge in [0.2, 0.25) is 5.43 Å². The van der Waals surface area contributed by atoms with Gasteiger partial charge in [-0.05, 0) is 56.0 Å². The summed E-state index contributed by atoms with van der Waals surface area (Å²) in [5.41, 5.74) is 3.68. The second-order valence-electron chi connectivity index (χ2n) is 6.32. The van der Waals surface area contributed by atoms with E-state index < -0.39 is 0 Å². The Morgan fingerprint density at radius 3 is 2.54 bits per heavy atom. The number of aliphatic hydroxyl groups excluding tert-OH is 1. The van der Waals surface area contributed by atoms with Gasteiger partial charge in [0.25, 0.3) is 0 Å². The number of aliphatic hydroxyl groups is 1. The smallest absolute Gasteiger partial charge is 0.204 e. The predicted molar refractivity (Wildman–Crippen MR) is 95.4 cm³/mol. The van der Waals surface area contributed by atoms with E-state index in [1.807, 2.05) is 26.8 Å². The average molecular weight is 324 g/mol. The average Bonchev–Trinajstić information content (AvgIpc) is 2.52. The van der Waals surface area contributed by atoms with Crippen molar-refractivity contribution in [1.82, 2.24) is 0 Å². The maximum atomic E-state index is 12.9. The summed E-state index contributed by atoms with van der Waals surface area (Å²) in [5.74, 6) is -0.0508. The van der Waals surface area contributed by atoms with Crippen molar-refractivity contribution in [2.75, 3.05) is 0 Å². The van der Waals surface area contributed by atoms with Gasteiger partial charge in [0.1, 0.15) is 22.3 Å². The zero-order valence-electron chi connectivity index (χ0n) is 14.0. The molecule has 3 rings (SSSR count). The summed E-state index contributed by atoms with van der Waals surface area (Å²) in [5, 5.41) is 20.6. The normalized spacial score (nSPS) is 11.2. The quantitative estimate of drug-likeness (QED) is 0.565. The van der Waals surface area contributed by atoms with Gasteiger partial charge in [-0.3, -0.25) is 4.79 Å². The van der Waals surface area contributed by atoms with Crippen molar-refractivity contribution in [3.05, 3.63) is 62.8 Å². The van der Waals surface area contributed by atoms with Crippen LogP contribution in [0.5, 0.6) is 5.75 Å². The molecule has 24 heavy (non-hydrogen) atoms. The summed E-state index contributed by atoms with van der Waals surface area (Å²) in [6.07, 6.45) is 2.54. The third kappa shape index (κ3) is 2.69. The third-order valence-electron chi connectivity index (χ3n) is 4.13. The lowest BCUT2D eigenvalue weighted by Gasteiger charge is -2.09. The monoisotopic (exact) mass is 324 g/mol. The Labute approximate surface area is 139 Å². The van der Waals surface area contributed by atoms with E-state index in [2.05, 4.69) is 0 Å². The minimum absolute atomic E-state index is 0.0508. The molecule has 1 heterocycles. The van der Waals surface area contributed by atoms with E-state index >= 15 is 0 Å². The molecule has 0 aliphatic heterocycles. The Kier molecular flexibility index (Phi) is 4.16. The standard InChI is InChI=1S/C20H20O4/c1-11(2)4-5-13-6-7-15-18(19(13)22)20(23)17-14(10-21)8-12(3)9-16(17)24-15/h4,6-9,21-22H,5,10H2,1-3H3. The van der Waals surface area contributed by atoms with Gasteiger partial charge in [0.05, 0.1) is 12.0 Å². The van der Waals surface area contributed by atoms with Crippen LogP contribution in [0.4, 0.5) is 0 Å². The molecule has 1 aromatic heterocycles. The lowest BCUT2D eigenvalue weighted by molar-refractivity contribution is 0.283. The Morgan fingerprint density at radius 2 is 1.88 bits per heavy atom. The fourth-order valence-corrected chi connectivity index (χ4v) is 2.93. The number of hydrogen-bond acceptors (Lipinski definition) is 4. The molecule has 0 amide bonds. The molecule has 0 radical (unpaired) electrons. The van der Waals surface area contributed by atoms with E-state index in [0.29, 0.717) is 34.1 Å². The maximum Gasteiger partial charge on any atom is 0.204 e. The molecule has 0 unspecified atom stereocenters. The highest BCUT2D eigenvalue weighted by Gasteiger charge is 2.16. The largest absolute Gasteiger partial charge is 0.507 e. The first-order valence-electron chi connectivity index (χ1n) is 7.87. The number of fused-ring (bicyclic) bond motifs is 2. The SMILES string of the molecule is CC(C)=CCc1ccc2oc3cc(C)cc(CO)c3c(=O)c2c1O. The number of phenols is 1. The van der Waals surface area contributed by atoms with E-state index in [4.69, 9.17) is 4.42 Å². The first kappa shape index (κ1) is 16.3. The number of hydrogen-bond donors (Lipinski definition) is 2. The van der Waals surface area contributed by atoms with Gasteiger partial charge in [-0.25, -0.2) is 0 Å². The van der Waals surface area contributed by atoms with Crippen LogP contribution in [0.3, 0.4) is 0 Å². The number of phenolic OH excluding ortho intramolecular Hbond substituents is 1. The summed E-state index contributed by atoms with van der Waals surface area (Å²) in [6, 6.07) is 7.01. The molecule has 0 spiro atoms. The first-order valence-corrected chi connectivity index (χ1v) is 7.87. The summed E-state index contributed by atoms with van der Waals surface area (Å²) in [4.78, 5) is 12.9. The van der Waals surface area contributed by atoms with Crippen molar-refractivity contribution in [3.63, 3.8) is 0 Å². The van der Waals surface area contributed by atoms with Gasteiger partial charge < -0.3 is 14.6 Å². The molecule has 0 bridgehead atoms. The third-order valence-corrected chi connectivity index (χ3v) is 4.13. The Bertz CT molecular complexity index is 1020. The summed E-state index contributed by atoms with van der Waals surface area (Å²) < 4.78 is 5.83. The van der Waals surface area contributed by atoms with Crippen LogP contribution in [-0.4, -0.2) is 10.2 Å². The molecule has 0 aliphatic rings. The van der Waals surface area contributed by atoms with Crippen molar-refractivity contribution in [2.45, 2.75) is 33.8 Å². The molecule has 124 valence electrons. The zero-order valence-corrected chi connectivity index (χ0v) is 14.0. The van der Waals surface area contributed by atoms with Crippen LogP contribution in [0.2, 0.25) is 0 Å². The van der Waals surface area contributed by atoms with Gasteiger partial charge in [-0.15, -0.1) is 0 Å². The number of aromatic hydroxyl groups is 1. The van der Waals surface area contributed by atoms with E-state index in [9.17, 15) is 15.0 Å². The fourth-order valence-electron chi connectivity index (χ4n) is 2.93. The van der Waals surface area contributed by atoms with Gasteiger partial charge >= 0.3 is 0 Å². The molecule has 3 aromatic rings. The Morgan fingerprint density at radius 1 is 1.12 bits per heavy atom. The molecular weight excluding hydrogens is 304 g/mol. The maximum absolute atomic E-state index is 12.9. The van der Waals surface area contributed by atoms with Crippen LogP contribution < -0.4 is 5.43 Å². The Balaban J connectivity index is 2.38. The topological polar surface area (TPSA) is 70.7 Å². The molecule has 2 N–H and O–H groups in total. The minimum Gasteiger partial charge on any atom is -0.507 e. The van der Waals surface area contributed by atoms with Crippen molar-refractivity contribution < 1.29 is 14.6 Å². The second-order valence-corrected chi connectivity index (χ2v) is 6.32. The summed E-state index contributed by atoms with van der Waals surface area (Å²) in [7, 11) is 0. The molecule has 4 heteroatoms. The van der Waals surface area contributed by atoms with Crippen molar-refractivity contribution >= 4 is 21.9 Å². The van der Waals surface area contributed by atoms with Crippen molar-refractivity contribution in [2.24, 2.45) is 0 Å². The molecule has 0 aliphatic carbocycles. The summed E-state index contributed by atoms with van der Waals surface area (Å²) in [6.45, 7) is 5.58. The first-order chi connectivity index (χ1) is 11.4. The lowest BCUT2D eigenvalue weighted by atomic mass is 10.0. The van der Waals surface area contributed by atoms with E-state index in [1.54, 1.807) is 24.3 Å². The Hall–Kier alpha value is -2.59. The van der Waals surface area contributed by atoms with Crippen LogP contribution in [0.25, 0.3) is 21.9 Å². The van der Waals surface area contributed by atoms with Crippen LogP contribution in [0, 0.1) is 6.92 Å². The fraction of sp³-hybridized carbons (Fsp3) is 0.250. The van der Waals surface area contributed by atoms with Crippen LogP contribution >= 0.6 is 0 Å². The molecule has 0 fully saturated rings. The van der Waals surface area contributed by atoms with E-state index in [-0.39, 0.29) is 23.2 Å². The van der Waals surface area contributed by atoms with Crippen molar-refractivity contribution in [3.8, 4) is 5.75 Å². The minimum atomic E-state index is -0.313. The number of benzene rings is 2. The highest BCUT2D eigenvalue weighted by molar-refractivity contribution is 5.95. The van der Waals surface area contributed by atoms with Gasteiger partial charge in [-0.2, -0.15) is 0 Å². The van der Waals surface area contributed by atoms with Crippen LogP contribution in [0.15, 0.2) is 45.1 Å². The highest BCUT2D eigenvalue weighted by atomic mass is 16.3. The molecule has 2 aromatic carbocycles. The number of allylic oxidation sites excluding steroid dienone is 2. The van der Waals surface area contributed by atoms with Gasteiger partial charge in [-0.1, -0.05) is 23.8 Å². The van der Waals surface area contributed by atoms with Crippen molar-refractivity contribution in [1.29, 1.82) is 0 Å². The zero-order chi connectivity index (χ0) is 17.4. The highest BCUT2D eigenvalue weighted by Crippen LogP contribution is 2.31. The molecular formula is C20H20O4. The number of aryl methyl sites for hydroxylation is 1. The molecule has 0 saturated heterocycles. The molecule has 4 nitrogen and oxygen atoms in total. The van der Waals surface area contributed by atoms with Gasteiger partial charge in [0, 0.05) is 0 Å². The molecule has 0 saturated carbocycles. The van der Waals surface area contributed by atoms with Gasteiger partial charge in [0.15, 0.2) is 0 Å².